The van der Waals surface area contributed by atoms with E-state index in [1.165, 1.54) is 41.8 Å². The Kier molecular flexibility index (Phi) is 4.67. The second-order valence-electron chi connectivity index (χ2n) is 4.65. The van der Waals surface area contributed by atoms with E-state index in [1.54, 1.807) is 0 Å². The Morgan fingerprint density at radius 1 is 1.38 bits per heavy atom. The second-order valence-corrected chi connectivity index (χ2v) is 8.25. The molecular weight excluding hydrogens is 314 g/mol. The summed E-state index contributed by atoms with van der Waals surface area (Å²) in [4.78, 5) is 13.8. The van der Waals surface area contributed by atoms with Crippen molar-refractivity contribution in [1.82, 2.24) is 4.90 Å². The normalized spacial score (nSPS) is 19.5. The minimum Gasteiger partial charge on any atom is -0.507 e. The monoisotopic (exact) mass is 331 g/mol. The average molecular weight is 331 g/mol. The summed E-state index contributed by atoms with van der Waals surface area (Å²) in [6, 6.07) is 3.98. The molecule has 2 rings (SSSR count). The van der Waals surface area contributed by atoms with Crippen LogP contribution in [0.3, 0.4) is 0 Å². The van der Waals surface area contributed by atoms with Gasteiger partial charge in [-0.1, -0.05) is 13.0 Å². The molecule has 21 heavy (non-hydrogen) atoms. The molecule has 2 N–H and O–H groups in total. The molecule has 1 aromatic rings. The first-order valence-electron chi connectivity index (χ1n) is 6.49. The molecule has 1 unspecified atom stereocenters. The van der Waals surface area contributed by atoms with Crippen molar-refractivity contribution in [3.63, 3.8) is 0 Å². The van der Waals surface area contributed by atoms with Crippen LogP contribution < -0.4 is 0 Å². The number of benzene rings is 1. The summed E-state index contributed by atoms with van der Waals surface area (Å²) < 4.78 is 24.3. The summed E-state index contributed by atoms with van der Waals surface area (Å²) >= 11 is 1.47. The van der Waals surface area contributed by atoms with Gasteiger partial charge in [-0.05, 0) is 12.1 Å². The fraction of sp³-hybridized carbons (Fsp3) is 0.462. The summed E-state index contributed by atoms with van der Waals surface area (Å²) in [6.45, 7) is 1.80. The van der Waals surface area contributed by atoms with E-state index in [0.717, 1.165) is 0 Å². The molecule has 0 aliphatic carbocycles. The fourth-order valence-electron chi connectivity index (χ4n) is 2.19. The highest BCUT2D eigenvalue weighted by molar-refractivity contribution is 8.01. The van der Waals surface area contributed by atoms with E-state index >= 15 is 0 Å². The van der Waals surface area contributed by atoms with E-state index in [2.05, 4.69) is 0 Å². The molecular formula is C13H17NO5S2. The van der Waals surface area contributed by atoms with Gasteiger partial charge < -0.3 is 15.1 Å². The third kappa shape index (κ3) is 3.11. The standard InChI is InChI=1S/C13H17NO5S2/c1-2-21(18,19)11-8-20-7-6-14(11)13(17)12-9(15)4-3-5-10(12)16/h3-5,11,15-16H,2,6-8H2,1H3. The van der Waals surface area contributed by atoms with Crippen LogP contribution in [0.15, 0.2) is 18.2 Å². The lowest BCUT2D eigenvalue weighted by molar-refractivity contribution is 0.0743. The number of phenols is 2. The van der Waals surface area contributed by atoms with Crippen molar-refractivity contribution in [3.8, 4) is 11.5 Å². The quantitative estimate of drug-likeness (QED) is 0.859. The number of sulfone groups is 1. The van der Waals surface area contributed by atoms with Crippen LogP contribution in [0, 0.1) is 0 Å². The van der Waals surface area contributed by atoms with Crippen LogP contribution in [-0.2, 0) is 9.84 Å². The Labute approximate surface area is 127 Å². The van der Waals surface area contributed by atoms with Gasteiger partial charge in [0.15, 0.2) is 9.84 Å². The molecule has 0 saturated carbocycles. The zero-order valence-corrected chi connectivity index (χ0v) is 13.2. The van der Waals surface area contributed by atoms with Gasteiger partial charge in [-0.3, -0.25) is 4.79 Å². The van der Waals surface area contributed by atoms with Gasteiger partial charge in [0.2, 0.25) is 0 Å². The van der Waals surface area contributed by atoms with E-state index in [1.807, 2.05) is 0 Å². The smallest absolute Gasteiger partial charge is 0.262 e. The molecule has 116 valence electrons. The first-order chi connectivity index (χ1) is 9.88. The molecule has 1 atom stereocenters. The van der Waals surface area contributed by atoms with Crippen LogP contribution in [0.1, 0.15) is 17.3 Å². The SMILES string of the molecule is CCS(=O)(=O)C1CSCCN1C(=O)c1c(O)cccc1O. The highest BCUT2D eigenvalue weighted by atomic mass is 32.2. The predicted octanol–water partition coefficient (Wildman–Crippen LogP) is 1.05. The maximum absolute atomic E-state index is 12.5. The summed E-state index contributed by atoms with van der Waals surface area (Å²) in [7, 11) is -3.43. The van der Waals surface area contributed by atoms with Gasteiger partial charge in [0, 0.05) is 23.8 Å². The number of hydrogen-bond donors (Lipinski definition) is 2. The summed E-state index contributed by atoms with van der Waals surface area (Å²) in [5.74, 6) is -0.509. The lowest BCUT2D eigenvalue weighted by Gasteiger charge is -2.34. The van der Waals surface area contributed by atoms with Crippen LogP contribution in [0.2, 0.25) is 0 Å². The van der Waals surface area contributed by atoms with Crippen molar-refractivity contribution in [2.45, 2.75) is 12.3 Å². The van der Waals surface area contributed by atoms with Crippen molar-refractivity contribution in [1.29, 1.82) is 0 Å². The Morgan fingerprint density at radius 3 is 2.57 bits per heavy atom. The number of carbonyl (C=O) groups is 1. The van der Waals surface area contributed by atoms with Gasteiger partial charge in [0.25, 0.3) is 5.91 Å². The molecule has 1 heterocycles. The highest BCUT2D eigenvalue weighted by Gasteiger charge is 2.37. The first kappa shape index (κ1) is 16.0. The van der Waals surface area contributed by atoms with E-state index in [-0.39, 0.29) is 29.4 Å². The lowest BCUT2D eigenvalue weighted by atomic mass is 10.1. The van der Waals surface area contributed by atoms with Crippen LogP contribution >= 0.6 is 11.8 Å². The van der Waals surface area contributed by atoms with Gasteiger partial charge in [-0.25, -0.2) is 8.42 Å². The molecule has 1 saturated heterocycles. The van der Waals surface area contributed by atoms with Crippen molar-refractivity contribution in [3.05, 3.63) is 23.8 Å². The molecule has 6 nitrogen and oxygen atoms in total. The van der Waals surface area contributed by atoms with Crippen molar-refractivity contribution in [2.75, 3.05) is 23.8 Å². The van der Waals surface area contributed by atoms with Crippen LogP contribution in [0.5, 0.6) is 11.5 Å². The minimum atomic E-state index is -3.43. The van der Waals surface area contributed by atoms with Crippen molar-refractivity contribution in [2.24, 2.45) is 0 Å². The third-order valence-corrected chi connectivity index (χ3v) is 6.69. The molecule has 1 fully saturated rings. The van der Waals surface area contributed by atoms with Crippen molar-refractivity contribution < 1.29 is 23.4 Å². The Morgan fingerprint density at radius 2 is 2.00 bits per heavy atom. The molecule has 0 aromatic heterocycles. The number of aromatic hydroxyl groups is 2. The molecule has 8 heteroatoms. The Bertz CT molecular complexity index is 624. The fourth-order valence-corrected chi connectivity index (χ4v) is 5.16. The summed E-state index contributed by atoms with van der Waals surface area (Å²) in [5, 5.41) is 18.6. The summed E-state index contributed by atoms with van der Waals surface area (Å²) in [6.07, 6.45) is 0. The molecule has 1 aliphatic rings. The summed E-state index contributed by atoms with van der Waals surface area (Å²) in [5.41, 5.74) is -0.249. The number of phenolic OH excluding ortho intramolecular Hbond substituents is 2. The van der Waals surface area contributed by atoms with Gasteiger partial charge in [0.1, 0.15) is 22.4 Å². The van der Waals surface area contributed by atoms with E-state index in [4.69, 9.17) is 0 Å². The average Bonchev–Trinajstić information content (AvgIpc) is 2.47. The number of nitrogens with zero attached hydrogens (tertiary/aromatic N) is 1. The number of hydrogen-bond acceptors (Lipinski definition) is 6. The topological polar surface area (TPSA) is 94.9 Å². The van der Waals surface area contributed by atoms with Gasteiger partial charge in [-0.15, -0.1) is 0 Å². The first-order valence-corrected chi connectivity index (χ1v) is 9.36. The predicted molar refractivity (Wildman–Crippen MR) is 81.4 cm³/mol. The molecule has 0 spiro atoms. The van der Waals surface area contributed by atoms with Gasteiger partial charge in [-0.2, -0.15) is 11.8 Å². The number of thioether (sulfide) groups is 1. The van der Waals surface area contributed by atoms with E-state index in [0.29, 0.717) is 11.5 Å². The van der Waals surface area contributed by atoms with E-state index in [9.17, 15) is 23.4 Å². The van der Waals surface area contributed by atoms with Crippen LogP contribution in [-0.4, -0.2) is 58.6 Å². The zero-order valence-electron chi connectivity index (χ0n) is 11.5. The van der Waals surface area contributed by atoms with Crippen LogP contribution in [0.25, 0.3) is 0 Å². The van der Waals surface area contributed by atoms with Gasteiger partial charge in [0.05, 0.1) is 0 Å². The molecule has 1 amide bonds. The molecule has 1 aromatic carbocycles. The molecule has 0 radical (unpaired) electrons. The van der Waals surface area contributed by atoms with Crippen molar-refractivity contribution >= 4 is 27.5 Å². The zero-order chi connectivity index (χ0) is 15.6. The molecule has 1 aliphatic heterocycles. The Hall–Kier alpha value is -1.41. The third-order valence-electron chi connectivity index (χ3n) is 3.40. The highest BCUT2D eigenvalue weighted by Crippen LogP contribution is 2.31. The van der Waals surface area contributed by atoms with E-state index < -0.39 is 21.1 Å². The van der Waals surface area contributed by atoms with Crippen LogP contribution in [0.4, 0.5) is 0 Å². The largest absolute Gasteiger partial charge is 0.507 e. The maximum atomic E-state index is 12.5. The maximum Gasteiger partial charge on any atom is 0.262 e. The number of rotatable bonds is 3. The minimum absolute atomic E-state index is 0.0608. The number of carbonyl (C=O) groups excluding carboxylic acids is 1. The lowest BCUT2D eigenvalue weighted by Crippen LogP contribution is -2.50. The number of amides is 1. The van der Waals surface area contributed by atoms with Gasteiger partial charge >= 0.3 is 0 Å². The second kappa shape index (κ2) is 6.15. The Balaban J connectivity index is 2.40. The molecule has 0 bridgehead atoms.